The van der Waals surface area contributed by atoms with E-state index in [1.54, 1.807) is 46.5 Å². The molecule has 0 aromatic carbocycles. The lowest BCUT2D eigenvalue weighted by Crippen LogP contribution is -2.26. The molecule has 4 N–H and O–H groups in total. The third kappa shape index (κ3) is 9.83. The Balaban J connectivity index is 1.49. The number of nitrogens with one attached hydrogen (secondary N) is 4. The second kappa shape index (κ2) is 16.5. The molecular weight excluding hydrogens is 697 g/mol. The summed E-state index contributed by atoms with van der Waals surface area (Å²) < 4.78 is 6.47. The summed E-state index contributed by atoms with van der Waals surface area (Å²) >= 11 is 17.0. The molecule has 4 aromatic rings. The van der Waals surface area contributed by atoms with Gasteiger partial charge in [-0.3, -0.25) is 19.2 Å². The molecule has 0 atom stereocenters. The van der Waals surface area contributed by atoms with Gasteiger partial charge in [0.05, 0.1) is 24.8 Å². The van der Waals surface area contributed by atoms with E-state index in [9.17, 15) is 19.2 Å². The minimum absolute atomic E-state index is 0.00565. The first-order valence-electron chi connectivity index (χ1n) is 14.7. The number of rotatable bonds is 15. The van der Waals surface area contributed by atoms with E-state index in [2.05, 4.69) is 91.7 Å². The van der Waals surface area contributed by atoms with E-state index in [0.29, 0.717) is 56.7 Å². The Morgan fingerprint density at radius 3 is 0.875 bits per heavy atom. The molecule has 0 fully saturated rings. The molecular formula is C28H38N12O4S4. The van der Waals surface area contributed by atoms with E-state index < -0.39 is 11.8 Å². The number of aromatic nitrogens is 8. The van der Waals surface area contributed by atoms with Gasteiger partial charge in [-0.15, -0.1) is 50.5 Å². The number of hydrogen-bond donors (Lipinski definition) is 8. The summed E-state index contributed by atoms with van der Waals surface area (Å²) in [7, 11) is 6.85. The highest BCUT2D eigenvalue weighted by Crippen LogP contribution is 2.27. The molecule has 258 valence electrons. The van der Waals surface area contributed by atoms with Crippen LogP contribution in [0.3, 0.4) is 0 Å². The molecule has 4 rings (SSSR count). The Kier molecular flexibility index (Phi) is 12.7. The van der Waals surface area contributed by atoms with Gasteiger partial charge in [0.25, 0.3) is 0 Å². The quantitative estimate of drug-likeness (QED) is 0.0856. The van der Waals surface area contributed by atoms with Crippen LogP contribution >= 0.6 is 50.5 Å². The van der Waals surface area contributed by atoms with Gasteiger partial charge in [-0.1, -0.05) is 0 Å². The first kappa shape index (κ1) is 36.9. The lowest BCUT2D eigenvalue weighted by Gasteiger charge is -2.21. The predicted octanol–water partition coefficient (Wildman–Crippen LogP) is 3.20. The molecule has 0 spiro atoms. The number of thiol groups is 4. The van der Waals surface area contributed by atoms with Crippen molar-refractivity contribution in [3.05, 3.63) is 24.8 Å². The maximum absolute atomic E-state index is 13.2. The fraction of sp³-hybridized carbons (Fsp3) is 0.429. The summed E-state index contributed by atoms with van der Waals surface area (Å²) in [4.78, 5) is 69.0. The van der Waals surface area contributed by atoms with Gasteiger partial charge < -0.3 is 39.5 Å². The van der Waals surface area contributed by atoms with Crippen LogP contribution in [0.1, 0.15) is 38.5 Å². The number of hydrogen-bond acceptors (Lipinski definition) is 12. The molecule has 0 aliphatic rings. The molecule has 0 unspecified atom stereocenters. The zero-order valence-electron chi connectivity index (χ0n) is 26.7. The smallest absolute Gasteiger partial charge is 0.225 e. The van der Waals surface area contributed by atoms with Crippen LogP contribution in [0.25, 0.3) is 0 Å². The number of imidazole rings is 4. The highest BCUT2D eigenvalue weighted by Gasteiger charge is 2.25. The second-order valence-corrected chi connectivity index (χ2v) is 12.9. The SMILES string of the molecule is Cn1c(NC(=O)CC(CCC(CC(=O)Nc2cnc(S)n2C)CC(=O)Nc2cnc(S)n2C)CC(=O)Nc2cnc(S)n2C)cnc1S. The van der Waals surface area contributed by atoms with Crippen molar-refractivity contribution in [2.24, 2.45) is 40.0 Å². The third-order valence-corrected chi connectivity index (χ3v) is 9.47. The molecule has 0 saturated heterocycles. The van der Waals surface area contributed by atoms with Crippen molar-refractivity contribution in [1.29, 1.82) is 0 Å². The monoisotopic (exact) mass is 734 g/mol. The van der Waals surface area contributed by atoms with Gasteiger partial charge in [-0.05, 0) is 24.7 Å². The average molecular weight is 735 g/mol. The van der Waals surface area contributed by atoms with Crippen molar-refractivity contribution in [2.45, 2.75) is 59.2 Å². The Hall–Kier alpha value is -3.88. The van der Waals surface area contributed by atoms with Crippen LogP contribution in [-0.4, -0.2) is 61.8 Å². The first-order valence-corrected chi connectivity index (χ1v) is 16.5. The van der Waals surface area contributed by atoms with Gasteiger partial charge in [-0.25, -0.2) is 19.9 Å². The minimum Gasteiger partial charge on any atom is -0.311 e. The van der Waals surface area contributed by atoms with Crippen LogP contribution < -0.4 is 21.3 Å². The standard InChI is InChI=1S/C28H38N12O4S4/c1-37-17(11-29-25(37)45)33-21(41)7-15(8-22(42)34-18-12-30-26(46)38(18)2)5-6-16(9-23(43)35-19-13-31-27(47)39(19)3)10-24(44)36-20-14-32-28(48)40(20)4/h11-16H,5-10H2,1-4H3,(H,29,45)(H,30,46)(H,31,47)(H,32,48)(H,33,41)(H,34,42)(H,35,43)(H,36,44). The van der Waals surface area contributed by atoms with Gasteiger partial charge in [0, 0.05) is 53.9 Å². The van der Waals surface area contributed by atoms with Crippen LogP contribution in [0.15, 0.2) is 45.4 Å². The van der Waals surface area contributed by atoms with E-state index in [1.165, 1.54) is 24.8 Å². The van der Waals surface area contributed by atoms with Crippen LogP contribution in [0, 0.1) is 11.8 Å². The van der Waals surface area contributed by atoms with Gasteiger partial charge in [0.15, 0.2) is 20.6 Å². The Morgan fingerprint density at radius 1 is 0.500 bits per heavy atom. The summed E-state index contributed by atoms with van der Waals surface area (Å²) in [6, 6.07) is 0. The molecule has 0 radical (unpaired) electrons. The summed E-state index contributed by atoms with van der Waals surface area (Å²) in [5.74, 6) is -0.386. The fourth-order valence-corrected chi connectivity index (χ4v) is 5.57. The van der Waals surface area contributed by atoms with Crippen molar-refractivity contribution < 1.29 is 19.2 Å². The maximum Gasteiger partial charge on any atom is 0.225 e. The van der Waals surface area contributed by atoms with Crippen molar-refractivity contribution >= 4 is 97.4 Å². The highest BCUT2D eigenvalue weighted by molar-refractivity contribution is 7.80. The molecule has 48 heavy (non-hydrogen) atoms. The van der Waals surface area contributed by atoms with Crippen molar-refractivity contribution in [3.8, 4) is 0 Å². The largest absolute Gasteiger partial charge is 0.311 e. The molecule has 0 bridgehead atoms. The zero-order valence-corrected chi connectivity index (χ0v) is 30.3. The molecule has 4 aromatic heterocycles. The summed E-state index contributed by atoms with van der Waals surface area (Å²) in [6.45, 7) is 0. The van der Waals surface area contributed by atoms with Crippen LogP contribution in [0.2, 0.25) is 0 Å². The van der Waals surface area contributed by atoms with Gasteiger partial charge in [0.1, 0.15) is 23.3 Å². The lowest BCUT2D eigenvalue weighted by molar-refractivity contribution is -0.121. The van der Waals surface area contributed by atoms with Crippen molar-refractivity contribution in [1.82, 2.24) is 38.2 Å². The van der Waals surface area contributed by atoms with E-state index in [-0.39, 0.29) is 49.3 Å². The first-order chi connectivity index (χ1) is 22.7. The zero-order chi connectivity index (χ0) is 35.1. The fourth-order valence-electron chi connectivity index (χ4n) is 4.91. The Bertz CT molecular complexity index is 1540. The van der Waals surface area contributed by atoms with Gasteiger partial charge in [0.2, 0.25) is 23.6 Å². The number of carbonyl (C=O) groups is 4. The minimum atomic E-state index is -0.446. The molecule has 16 nitrogen and oxygen atoms in total. The normalized spacial score (nSPS) is 11.3. The Morgan fingerprint density at radius 2 is 0.708 bits per heavy atom. The molecule has 0 aliphatic carbocycles. The molecule has 0 aliphatic heterocycles. The predicted molar refractivity (Wildman–Crippen MR) is 191 cm³/mol. The van der Waals surface area contributed by atoms with E-state index in [0.717, 1.165) is 0 Å². The van der Waals surface area contributed by atoms with E-state index >= 15 is 0 Å². The molecule has 20 heteroatoms. The second-order valence-electron chi connectivity index (χ2n) is 11.3. The molecule has 0 saturated carbocycles. The van der Waals surface area contributed by atoms with Crippen molar-refractivity contribution in [3.63, 3.8) is 0 Å². The van der Waals surface area contributed by atoms with E-state index in [1.807, 2.05) is 0 Å². The number of carbonyl (C=O) groups excluding carboxylic acids is 4. The topological polar surface area (TPSA) is 188 Å². The number of anilines is 4. The van der Waals surface area contributed by atoms with Gasteiger partial charge >= 0.3 is 0 Å². The Labute approximate surface area is 298 Å². The van der Waals surface area contributed by atoms with Crippen LogP contribution in [0.5, 0.6) is 0 Å². The summed E-state index contributed by atoms with van der Waals surface area (Å²) in [6.07, 6.45) is 6.66. The molecule has 4 heterocycles. The van der Waals surface area contributed by atoms with Crippen LogP contribution in [0.4, 0.5) is 23.3 Å². The van der Waals surface area contributed by atoms with Crippen molar-refractivity contribution in [2.75, 3.05) is 21.3 Å². The molecule has 4 amide bonds. The lowest BCUT2D eigenvalue weighted by atomic mass is 9.87. The number of nitrogens with zero attached hydrogens (tertiary/aromatic N) is 8. The summed E-state index contributed by atoms with van der Waals surface area (Å²) in [5, 5.41) is 13.0. The third-order valence-electron chi connectivity index (χ3n) is 7.80. The highest BCUT2D eigenvalue weighted by atomic mass is 32.1. The maximum atomic E-state index is 13.2. The summed E-state index contributed by atoms with van der Waals surface area (Å²) in [5.41, 5.74) is 0. The number of amides is 4. The van der Waals surface area contributed by atoms with Crippen LogP contribution in [-0.2, 0) is 47.4 Å². The van der Waals surface area contributed by atoms with E-state index in [4.69, 9.17) is 0 Å². The van der Waals surface area contributed by atoms with Gasteiger partial charge in [-0.2, -0.15) is 0 Å². The average Bonchev–Trinajstić information content (AvgIpc) is 3.73.